The summed E-state index contributed by atoms with van der Waals surface area (Å²) < 4.78 is 11.4. The van der Waals surface area contributed by atoms with Gasteiger partial charge in [0.15, 0.2) is 0 Å². The second kappa shape index (κ2) is 7.84. The fourth-order valence-corrected chi connectivity index (χ4v) is 3.59. The summed E-state index contributed by atoms with van der Waals surface area (Å²) in [4.78, 5) is 14.7. The quantitative estimate of drug-likeness (QED) is 0.787. The van der Waals surface area contributed by atoms with Gasteiger partial charge >= 0.3 is 0 Å². The fraction of sp³-hybridized carbons (Fsp3) is 0.318. The molecule has 2 aromatic rings. The summed E-state index contributed by atoms with van der Waals surface area (Å²) >= 11 is 0. The van der Waals surface area contributed by atoms with Crippen LogP contribution in [0.3, 0.4) is 0 Å². The van der Waals surface area contributed by atoms with Gasteiger partial charge in [-0.15, -0.1) is 6.58 Å². The van der Waals surface area contributed by atoms with Crippen molar-refractivity contribution in [3.05, 3.63) is 72.3 Å². The number of carbonyl (C=O) groups excluding carboxylic acids is 1. The molecule has 2 atom stereocenters. The summed E-state index contributed by atoms with van der Waals surface area (Å²) in [5.41, 5.74) is 2.54. The first-order chi connectivity index (χ1) is 13.3. The van der Waals surface area contributed by atoms with Crippen molar-refractivity contribution < 1.29 is 14.3 Å². The van der Waals surface area contributed by atoms with Crippen LogP contribution in [-0.2, 0) is 4.74 Å². The molecule has 1 amide bonds. The van der Waals surface area contributed by atoms with Gasteiger partial charge in [-0.1, -0.05) is 30.3 Å². The van der Waals surface area contributed by atoms with Crippen LogP contribution in [0.25, 0.3) is 0 Å². The summed E-state index contributed by atoms with van der Waals surface area (Å²) in [7, 11) is 0. The summed E-state index contributed by atoms with van der Waals surface area (Å²) in [6.45, 7) is 5.68. The van der Waals surface area contributed by atoms with E-state index in [1.807, 2.05) is 48.5 Å². The van der Waals surface area contributed by atoms with Gasteiger partial charge in [-0.3, -0.25) is 4.79 Å². The number of amides is 1. The lowest BCUT2D eigenvalue weighted by Crippen LogP contribution is -2.42. The molecule has 4 rings (SSSR count). The van der Waals surface area contributed by atoms with Gasteiger partial charge in [-0.2, -0.15) is 0 Å². The van der Waals surface area contributed by atoms with Gasteiger partial charge in [0.1, 0.15) is 18.5 Å². The number of ether oxygens (including phenoxy) is 2. The van der Waals surface area contributed by atoms with Crippen molar-refractivity contribution in [2.45, 2.75) is 25.1 Å². The second-order valence-electron chi connectivity index (χ2n) is 6.85. The molecular formula is C22H24N2O3. The van der Waals surface area contributed by atoms with Crippen molar-refractivity contribution >= 4 is 11.6 Å². The Morgan fingerprint density at radius 2 is 2.04 bits per heavy atom. The highest BCUT2D eigenvalue weighted by atomic mass is 16.5. The largest absolute Gasteiger partial charge is 0.491 e. The average molecular weight is 364 g/mol. The maximum absolute atomic E-state index is 12.9. The van der Waals surface area contributed by atoms with Crippen LogP contribution >= 0.6 is 0 Å². The van der Waals surface area contributed by atoms with E-state index in [0.717, 1.165) is 36.4 Å². The maximum atomic E-state index is 12.9. The first kappa shape index (κ1) is 17.6. The molecule has 2 unspecified atom stereocenters. The molecule has 0 saturated carbocycles. The van der Waals surface area contributed by atoms with E-state index in [4.69, 9.17) is 9.47 Å². The normalized spacial score (nSPS) is 21.5. The Balaban J connectivity index is 1.52. The third kappa shape index (κ3) is 3.69. The van der Waals surface area contributed by atoms with Crippen LogP contribution in [0.2, 0.25) is 0 Å². The van der Waals surface area contributed by atoms with Crippen LogP contribution < -0.4 is 10.1 Å². The molecule has 2 aliphatic rings. The predicted octanol–water partition coefficient (Wildman–Crippen LogP) is 4.00. The van der Waals surface area contributed by atoms with Crippen molar-refractivity contribution in [1.82, 2.24) is 4.90 Å². The second-order valence-corrected chi connectivity index (χ2v) is 6.85. The third-order valence-electron chi connectivity index (χ3n) is 5.00. The van der Waals surface area contributed by atoms with Crippen LogP contribution in [0.1, 0.15) is 34.9 Å². The van der Waals surface area contributed by atoms with Gasteiger partial charge in [0.05, 0.1) is 11.7 Å². The van der Waals surface area contributed by atoms with Crippen molar-refractivity contribution in [1.29, 1.82) is 0 Å². The molecule has 2 heterocycles. The van der Waals surface area contributed by atoms with Gasteiger partial charge in [0.2, 0.25) is 0 Å². The minimum atomic E-state index is -0.238. The molecule has 2 aromatic carbocycles. The van der Waals surface area contributed by atoms with Crippen LogP contribution in [0, 0.1) is 0 Å². The van der Waals surface area contributed by atoms with Gasteiger partial charge in [-0.05, 0) is 42.7 Å². The number of nitrogens with one attached hydrogen (secondary N) is 1. The molecule has 0 radical (unpaired) electrons. The SMILES string of the molecule is C=CCN1C(=O)c2ccccc2NC1c1ccc(OCC2CCCO2)cc1. The Kier molecular flexibility index (Phi) is 5.12. The van der Waals surface area contributed by atoms with Crippen molar-refractivity contribution in [2.24, 2.45) is 0 Å². The van der Waals surface area contributed by atoms with E-state index >= 15 is 0 Å². The van der Waals surface area contributed by atoms with E-state index in [0.29, 0.717) is 18.7 Å². The molecule has 0 bridgehead atoms. The zero-order valence-electron chi connectivity index (χ0n) is 15.3. The van der Waals surface area contributed by atoms with E-state index in [1.165, 1.54) is 0 Å². The minimum Gasteiger partial charge on any atom is -0.491 e. The smallest absolute Gasteiger partial charge is 0.258 e. The average Bonchev–Trinajstić information content (AvgIpc) is 3.23. The molecule has 2 aliphatic heterocycles. The number of carbonyl (C=O) groups is 1. The Labute approximate surface area is 159 Å². The standard InChI is InChI=1S/C22H24N2O3/c1-2-13-24-21(23-20-8-4-3-7-19(20)22(24)25)16-9-11-17(12-10-16)27-15-18-6-5-14-26-18/h2-4,7-12,18,21,23H,1,5-6,13-15H2. The van der Waals surface area contributed by atoms with E-state index in [9.17, 15) is 4.79 Å². The molecule has 0 spiro atoms. The minimum absolute atomic E-state index is 0.00737. The molecule has 0 aromatic heterocycles. The zero-order chi connectivity index (χ0) is 18.6. The molecule has 140 valence electrons. The number of benzene rings is 2. The zero-order valence-corrected chi connectivity index (χ0v) is 15.3. The first-order valence-corrected chi connectivity index (χ1v) is 9.38. The third-order valence-corrected chi connectivity index (χ3v) is 5.00. The topological polar surface area (TPSA) is 50.8 Å². The molecular weight excluding hydrogens is 340 g/mol. The summed E-state index contributed by atoms with van der Waals surface area (Å²) in [6, 6.07) is 15.5. The van der Waals surface area contributed by atoms with Gasteiger partial charge in [0.25, 0.3) is 5.91 Å². The lowest BCUT2D eigenvalue weighted by Gasteiger charge is -2.37. The Bertz CT molecular complexity index is 813. The van der Waals surface area contributed by atoms with Crippen LogP contribution in [0.4, 0.5) is 5.69 Å². The number of nitrogens with zero attached hydrogens (tertiary/aromatic N) is 1. The van der Waals surface area contributed by atoms with E-state index in [2.05, 4.69) is 11.9 Å². The Morgan fingerprint density at radius 1 is 1.22 bits per heavy atom. The first-order valence-electron chi connectivity index (χ1n) is 9.38. The fourth-order valence-electron chi connectivity index (χ4n) is 3.59. The summed E-state index contributed by atoms with van der Waals surface area (Å²) in [6.07, 6.45) is 3.87. The van der Waals surface area contributed by atoms with Crippen molar-refractivity contribution in [2.75, 3.05) is 25.1 Å². The molecule has 1 N–H and O–H groups in total. The highest BCUT2D eigenvalue weighted by molar-refractivity contribution is 6.01. The molecule has 27 heavy (non-hydrogen) atoms. The number of fused-ring (bicyclic) bond motifs is 1. The molecule has 1 saturated heterocycles. The lowest BCUT2D eigenvalue weighted by atomic mass is 10.0. The molecule has 5 nitrogen and oxygen atoms in total. The number of anilines is 1. The highest BCUT2D eigenvalue weighted by Crippen LogP contribution is 2.33. The lowest BCUT2D eigenvalue weighted by molar-refractivity contribution is 0.0678. The van der Waals surface area contributed by atoms with E-state index < -0.39 is 0 Å². The predicted molar refractivity (Wildman–Crippen MR) is 105 cm³/mol. The maximum Gasteiger partial charge on any atom is 0.258 e. The Morgan fingerprint density at radius 3 is 2.78 bits per heavy atom. The van der Waals surface area contributed by atoms with Crippen LogP contribution in [0.15, 0.2) is 61.2 Å². The van der Waals surface area contributed by atoms with Gasteiger partial charge < -0.3 is 19.7 Å². The highest BCUT2D eigenvalue weighted by Gasteiger charge is 2.31. The molecule has 0 aliphatic carbocycles. The number of rotatable bonds is 6. The monoisotopic (exact) mass is 364 g/mol. The molecule has 1 fully saturated rings. The summed E-state index contributed by atoms with van der Waals surface area (Å²) in [5.74, 6) is 0.819. The van der Waals surface area contributed by atoms with Gasteiger partial charge in [-0.25, -0.2) is 0 Å². The van der Waals surface area contributed by atoms with Crippen molar-refractivity contribution in [3.63, 3.8) is 0 Å². The molecule has 5 heteroatoms. The van der Waals surface area contributed by atoms with E-state index in [-0.39, 0.29) is 18.2 Å². The Hall–Kier alpha value is -2.79. The van der Waals surface area contributed by atoms with Crippen LogP contribution in [-0.4, -0.2) is 36.7 Å². The van der Waals surface area contributed by atoms with Crippen LogP contribution in [0.5, 0.6) is 5.75 Å². The number of hydrogen-bond acceptors (Lipinski definition) is 4. The number of para-hydroxylation sites is 1. The van der Waals surface area contributed by atoms with E-state index in [1.54, 1.807) is 11.0 Å². The summed E-state index contributed by atoms with van der Waals surface area (Å²) in [5, 5.41) is 3.47. The van der Waals surface area contributed by atoms with Gasteiger partial charge in [0, 0.05) is 18.8 Å². The number of hydrogen-bond donors (Lipinski definition) is 1. The van der Waals surface area contributed by atoms with Crippen molar-refractivity contribution in [3.8, 4) is 5.75 Å².